The van der Waals surface area contributed by atoms with Gasteiger partial charge in [-0.05, 0) is 81.3 Å². The zero-order valence-electron chi connectivity index (χ0n) is 43.8. The molecule has 402 valence electrons. The Bertz CT molecular complexity index is 1600. The summed E-state index contributed by atoms with van der Waals surface area (Å²) in [6.45, 7) is 18.6. The molecule has 3 rings (SSSR count). The van der Waals surface area contributed by atoms with Gasteiger partial charge in [0.05, 0.1) is 54.2 Å². The zero-order chi connectivity index (χ0) is 51.9. The number of unbranched alkanes of at least 4 members (excludes halogenated alkanes) is 9. The number of carbonyl (C=O) groups excluding carboxylic acids is 2. The highest BCUT2D eigenvalue weighted by Crippen LogP contribution is 2.41. The van der Waals surface area contributed by atoms with Crippen molar-refractivity contribution >= 4 is 22.2 Å². The van der Waals surface area contributed by atoms with Gasteiger partial charge >= 0.3 is 16.4 Å². The number of rotatable bonds is 19. The number of nitrogens with zero attached hydrogens (tertiary/aromatic N) is 1. The number of esters is 1. The van der Waals surface area contributed by atoms with E-state index in [1.807, 2.05) is 25.9 Å². The van der Waals surface area contributed by atoms with Gasteiger partial charge in [-0.3, -0.25) is 14.1 Å². The van der Waals surface area contributed by atoms with Crippen LogP contribution in [0.5, 0.6) is 0 Å². The van der Waals surface area contributed by atoms with Gasteiger partial charge in [0.1, 0.15) is 29.7 Å². The quantitative estimate of drug-likeness (QED) is 0.0530. The van der Waals surface area contributed by atoms with Crippen molar-refractivity contribution in [1.82, 2.24) is 4.90 Å². The Morgan fingerprint density at radius 3 is 1.85 bits per heavy atom. The fraction of sp³-hybridized carbons (Fsp3) is 0.959. The number of cyclic esters (lactones) is 1. The van der Waals surface area contributed by atoms with E-state index < -0.39 is 118 Å². The summed E-state index contributed by atoms with van der Waals surface area (Å²) < 4.78 is 70.0. The predicted octanol–water partition coefficient (Wildman–Crippen LogP) is 5.51. The summed E-state index contributed by atoms with van der Waals surface area (Å²) in [5, 5.41) is 57.6. The maximum atomic E-state index is 14.1. The third kappa shape index (κ3) is 18.3. The van der Waals surface area contributed by atoms with Gasteiger partial charge in [-0.15, -0.1) is 0 Å². The summed E-state index contributed by atoms with van der Waals surface area (Å²) >= 11 is 0. The Balaban J connectivity index is 0.000000789. The van der Waals surface area contributed by atoms with Crippen LogP contribution in [0.15, 0.2) is 0 Å². The Hall–Kier alpha value is -1.43. The van der Waals surface area contributed by atoms with E-state index in [0.717, 1.165) is 12.8 Å². The van der Waals surface area contributed by atoms with E-state index in [1.165, 1.54) is 72.8 Å². The Morgan fingerprint density at radius 2 is 1.34 bits per heavy atom. The van der Waals surface area contributed by atoms with Crippen LogP contribution >= 0.6 is 0 Å². The van der Waals surface area contributed by atoms with Crippen LogP contribution in [0.25, 0.3) is 0 Å². The number of carbonyl (C=O) groups is 2. The van der Waals surface area contributed by atoms with E-state index in [2.05, 4.69) is 11.1 Å². The van der Waals surface area contributed by atoms with Crippen molar-refractivity contribution in [3.63, 3.8) is 0 Å². The topological polar surface area (TPSA) is 258 Å². The molecule has 0 spiro atoms. The lowest BCUT2D eigenvalue weighted by molar-refractivity contribution is -0.318. The highest BCUT2D eigenvalue weighted by atomic mass is 32.3. The molecule has 3 heterocycles. The molecular formula is C49H93NO17S. The van der Waals surface area contributed by atoms with Gasteiger partial charge in [-0.2, -0.15) is 8.42 Å². The SMILES string of the molecule is CCCCCCCCCCCCOS(=O)(=O)O.CC[C@H]1OC(=O)[C@H](C)[C@@H](O[C@H]2C[C@@](C)(OC)[C@@H](O)[C@H](C)O2)[C@H](C)[C@@H](O[C@@H]2O[C@H](C)C[C@H](N(C)C)[C@H]2O)[C@](C)(O)C[C@@H](C)C(=O)[C@H](C)[C@@H](O)[C@]1(C)O. The number of hydrogen-bond donors (Lipinski definition) is 6. The van der Waals surface area contributed by atoms with Crippen LogP contribution in [0.2, 0.25) is 0 Å². The number of methoxy groups -OCH3 is 1. The Kier molecular flexibility index (Phi) is 25.9. The van der Waals surface area contributed by atoms with Gasteiger partial charge in [0.15, 0.2) is 12.6 Å². The molecule has 0 aromatic rings. The molecule has 0 aromatic carbocycles. The number of Topliss-reactive ketones (excluding diaryl/α,β-unsaturated/α-hetero) is 1. The molecule has 6 N–H and O–H groups in total. The minimum Gasteiger partial charge on any atom is -0.459 e. The second kappa shape index (κ2) is 28.1. The lowest BCUT2D eigenvalue weighted by Gasteiger charge is -2.49. The van der Waals surface area contributed by atoms with Crippen LogP contribution in [0.1, 0.15) is 166 Å². The summed E-state index contributed by atoms with van der Waals surface area (Å²) in [6.07, 6.45) is 2.14. The number of hydrogen-bond acceptors (Lipinski definition) is 17. The van der Waals surface area contributed by atoms with Crippen molar-refractivity contribution in [1.29, 1.82) is 0 Å². The number of likely N-dealkylation sites (N-methyl/N-ethyl adjacent to an activating group) is 1. The van der Waals surface area contributed by atoms with Crippen LogP contribution in [0.4, 0.5) is 0 Å². The lowest BCUT2D eigenvalue weighted by atomic mass is 9.74. The molecule has 19 heteroatoms. The summed E-state index contributed by atoms with van der Waals surface area (Å²) in [6, 6.07) is -0.324. The molecule has 0 aliphatic carbocycles. The van der Waals surface area contributed by atoms with Gasteiger partial charge in [0.2, 0.25) is 0 Å². The van der Waals surface area contributed by atoms with E-state index in [-0.39, 0.29) is 38.0 Å². The molecule has 18 atom stereocenters. The molecule has 0 saturated carbocycles. The second-order valence-electron chi connectivity index (χ2n) is 20.9. The van der Waals surface area contributed by atoms with Crippen molar-refractivity contribution in [2.75, 3.05) is 27.8 Å². The monoisotopic (exact) mass is 1000 g/mol. The van der Waals surface area contributed by atoms with E-state index >= 15 is 0 Å². The number of aliphatic hydroxyl groups is 5. The highest BCUT2D eigenvalue weighted by molar-refractivity contribution is 7.80. The van der Waals surface area contributed by atoms with Crippen LogP contribution < -0.4 is 0 Å². The molecule has 3 fully saturated rings. The molecule has 3 saturated heterocycles. The predicted molar refractivity (Wildman–Crippen MR) is 256 cm³/mol. The first kappa shape index (κ1) is 62.7. The summed E-state index contributed by atoms with van der Waals surface area (Å²) in [4.78, 5) is 29.8. The van der Waals surface area contributed by atoms with Gasteiger partial charge in [-0.1, -0.05) is 92.4 Å². The van der Waals surface area contributed by atoms with Crippen LogP contribution in [0, 0.1) is 23.7 Å². The molecule has 18 nitrogen and oxygen atoms in total. The van der Waals surface area contributed by atoms with Crippen molar-refractivity contribution in [2.24, 2.45) is 23.7 Å². The maximum Gasteiger partial charge on any atom is 0.397 e. The average Bonchev–Trinajstić information content (AvgIpc) is 3.26. The molecular weight excluding hydrogens is 907 g/mol. The summed E-state index contributed by atoms with van der Waals surface area (Å²) in [7, 11) is 0.942. The van der Waals surface area contributed by atoms with Crippen molar-refractivity contribution in [2.45, 2.75) is 250 Å². The van der Waals surface area contributed by atoms with E-state index in [0.29, 0.717) is 12.8 Å². The van der Waals surface area contributed by atoms with Crippen LogP contribution in [-0.2, 0) is 52.6 Å². The van der Waals surface area contributed by atoms with E-state index in [1.54, 1.807) is 41.5 Å². The van der Waals surface area contributed by atoms with E-state index in [4.69, 9.17) is 33.0 Å². The van der Waals surface area contributed by atoms with Crippen molar-refractivity contribution in [3.8, 4) is 0 Å². The smallest absolute Gasteiger partial charge is 0.397 e. The fourth-order valence-corrected chi connectivity index (χ4v) is 10.5. The number of aliphatic hydroxyl groups excluding tert-OH is 3. The highest BCUT2D eigenvalue weighted by Gasteiger charge is 2.53. The van der Waals surface area contributed by atoms with Gasteiger partial charge in [-0.25, -0.2) is 4.18 Å². The maximum absolute atomic E-state index is 14.1. The molecule has 0 aromatic heterocycles. The fourth-order valence-electron chi connectivity index (χ4n) is 10.2. The molecule has 3 aliphatic heterocycles. The lowest BCUT2D eigenvalue weighted by Crippen LogP contribution is -2.61. The molecule has 0 radical (unpaired) electrons. The Labute approximate surface area is 408 Å². The van der Waals surface area contributed by atoms with E-state index in [9.17, 15) is 43.5 Å². The third-order valence-corrected chi connectivity index (χ3v) is 15.0. The van der Waals surface area contributed by atoms with Gasteiger partial charge in [0.25, 0.3) is 0 Å². The van der Waals surface area contributed by atoms with Gasteiger partial charge in [0, 0.05) is 37.3 Å². The van der Waals surface area contributed by atoms with Gasteiger partial charge < -0.3 is 58.9 Å². The van der Waals surface area contributed by atoms with Crippen molar-refractivity contribution in [3.05, 3.63) is 0 Å². The molecule has 3 aliphatic rings. The second-order valence-corrected chi connectivity index (χ2v) is 22.0. The first-order valence-electron chi connectivity index (χ1n) is 25.2. The van der Waals surface area contributed by atoms with Crippen LogP contribution in [0.3, 0.4) is 0 Å². The minimum absolute atomic E-state index is 0.0926. The third-order valence-electron chi connectivity index (χ3n) is 14.6. The normalized spacial score (nSPS) is 40.3. The Morgan fingerprint density at radius 1 is 0.779 bits per heavy atom. The van der Waals surface area contributed by atoms with Crippen molar-refractivity contribution < 1.29 is 80.7 Å². The number of ketones is 1. The zero-order valence-corrected chi connectivity index (χ0v) is 44.6. The first-order valence-corrected chi connectivity index (χ1v) is 26.5. The average molecular weight is 1000 g/mol. The number of ether oxygens (including phenoxy) is 6. The molecule has 0 bridgehead atoms. The molecule has 68 heavy (non-hydrogen) atoms. The largest absolute Gasteiger partial charge is 0.459 e. The molecule has 0 amide bonds. The first-order chi connectivity index (χ1) is 31.5. The molecule has 0 unspecified atom stereocenters. The standard InChI is InChI=1S/C37H67NO13.C12H26O4S/c1-14-25-37(10,45)30(41)20(4)27(39)18(2)16-35(8,44)32(51-34-28(40)24(38(11)12)15-19(3)47-34)21(5)29(22(6)33(43)49-25)50-26-17-36(9,46-13)31(42)23(7)48-26;1-2-3-4-5-6-7-8-9-10-11-12-16-17(13,14)15/h18-26,28-32,34,40-42,44-45H,14-17H2,1-13H3;2-12H2,1H3,(H,13,14,15)/t18-,19-,20+,21+,22-,23+,24+,25-,26+,28-,29+,30-,31+,32-,34+,35-,36-,37-;/m1./s1. The van der Waals surface area contributed by atoms with Crippen LogP contribution in [-0.4, -0.2) is 167 Å². The summed E-state index contributed by atoms with van der Waals surface area (Å²) in [5.74, 6) is -4.98. The minimum atomic E-state index is -4.23. The summed E-state index contributed by atoms with van der Waals surface area (Å²) in [5.41, 5.74) is -4.84.